The number of likely N-dealkylation sites (N-methyl/N-ethyl adjacent to an activating group) is 1. The molecule has 22 heteroatoms. The van der Waals surface area contributed by atoms with Crippen molar-refractivity contribution < 1.29 is 65.7 Å². The molecule has 480 valence electrons. The Morgan fingerprint density at radius 2 is 1.46 bits per heavy atom. The summed E-state index contributed by atoms with van der Waals surface area (Å²) in [5, 5.41) is 8.40. The molecule has 0 saturated carbocycles. The Hall–Kier alpha value is -7.40. The highest BCUT2D eigenvalue weighted by Gasteiger charge is 2.50. The number of para-hydroxylation sites is 1. The summed E-state index contributed by atoms with van der Waals surface area (Å²) in [5.41, 5.74) is 0.0481. The minimum absolute atomic E-state index is 0.0211. The molecule has 89 heavy (non-hydrogen) atoms. The van der Waals surface area contributed by atoms with Gasteiger partial charge in [-0.05, 0) is 171 Å². The second-order valence-electron chi connectivity index (χ2n) is 26.8. The molecule has 3 unspecified atom stereocenters. The first-order chi connectivity index (χ1) is 42.0. The summed E-state index contributed by atoms with van der Waals surface area (Å²) in [6.07, 6.45) is -0.0702. The average molecular weight is 1240 g/mol. The number of hydrogen-bond donors (Lipinski definition) is 3. The Balaban J connectivity index is 1.02. The summed E-state index contributed by atoms with van der Waals surface area (Å²) >= 11 is 0. The lowest BCUT2D eigenvalue weighted by molar-refractivity contribution is -0.135. The number of nitrogens with one attached hydrogen (secondary N) is 3. The molecule has 5 aliphatic rings. The summed E-state index contributed by atoms with van der Waals surface area (Å²) in [6, 6.07) is 17.0. The number of rotatable bonds is 16. The van der Waals surface area contributed by atoms with E-state index in [-0.39, 0.29) is 68.3 Å². The van der Waals surface area contributed by atoms with Crippen molar-refractivity contribution in [1.82, 2.24) is 24.9 Å². The zero-order chi connectivity index (χ0) is 64.4. The topological polar surface area (TPSA) is 209 Å². The molecule has 3 fully saturated rings. The fourth-order valence-electron chi connectivity index (χ4n) is 12.8. The number of carbonyl (C=O) groups excluding carboxylic acids is 7. The lowest BCUT2D eigenvalue weighted by Crippen LogP contribution is -2.64. The third kappa shape index (κ3) is 15.3. The quantitative estimate of drug-likeness (QED) is 0.0962. The van der Waals surface area contributed by atoms with Gasteiger partial charge >= 0.3 is 12.2 Å². The second kappa shape index (κ2) is 27.0. The molecule has 1 aliphatic carbocycles. The largest absolute Gasteiger partial charge is 0.444 e. The van der Waals surface area contributed by atoms with Gasteiger partial charge in [-0.25, -0.2) is 22.8 Å². The van der Waals surface area contributed by atoms with Crippen LogP contribution in [0.2, 0.25) is 0 Å². The fraction of sp³-hybridized carbons (Fsp3) is 0.537. The summed E-state index contributed by atoms with van der Waals surface area (Å²) in [6.45, 7) is 21.2. The number of ketones is 1. The van der Waals surface area contributed by atoms with E-state index in [0.29, 0.717) is 81.0 Å². The molecule has 3 saturated heterocycles. The molecule has 0 bridgehead atoms. The number of fused-ring (bicyclic) bond motifs is 2. The van der Waals surface area contributed by atoms with Gasteiger partial charge in [0.25, 0.3) is 0 Å². The van der Waals surface area contributed by atoms with E-state index in [1.54, 1.807) is 67.8 Å². The van der Waals surface area contributed by atoms with Crippen LogP contribution in [0.25, 0.3) is 0 Å². The van der Waals surface area contributed by atoms with Crippen LogP contribution in [0.3, 0.4) is 0 Å². The van der Waals surface area contributed by atoms with Crippen molar-refractivity contribution in [1.29, 1.82) is 0 Å². The smallest absolute Gasteiger partial charge is 0.410 e. The first-order valence-electron chi connectivity index (χ1n) is 30.8. The number of ether oxygens (including phenoxy) is 4. The third-order valence-electron chi connectivity index (χ3n) is 17.8. The van der Waals surface area contributed by atoms with Crippen molar-refractivity contribution in [3.05, 3.63) is 124 Å². The molecule has 4 aliphatic heterocycles. The number of nitrogens with zero attached hydrogens (tertiary/aromatic N) is 5. The molecular formula is C67H85F3N8O11. The summed E-state index contributed by atoms with van der Waals surface area (Å²) < 4.78 is 67.6. The predicted octanol–water partition coefficient (Wildman–Crippen LogP) is 8.60. The monoisotopic (exact) mass is 1230 g/mol. The van der Waals surface area contributed by atoms with Gasteiger partial charge in [-0.15, -0.1) is 0 Å². The van der Waals surface area contributed by atoms with Crippen LogP contribution in [0, 0.1) is 29.3 Å². The number of morpholine rings is 1. The van der Waals surface area contributed by atoms with Gasteiger partial charge in [0.15, 0.2) is 5.78 Å². The maximum absolute atomic E-state index is 15.4. The van der Waals surface area contributed by atoms with Crippen molar-refractivity contribution >= 4 is 58.7 Å². The van der Waals surface area contributed by atoms with Crippen LogP contribution >= 0.6 is 0 Å². The SMILES string of the molecule is C[C@@H]1COCCN1C[C@H]1CN(C(=O)OC(C)(C)C)[C@H](C)CN1CC(=O)N1CC(C)(C(=O)Nc2ccc3c(c2)[C@@H](C(=O)Nc2c(F)cccc2F)C(C(=O)C(NC(=O)[C@H](C)N(C)C(=O)OC(C)(C)C)C2CCOCC2)C3)c2ccc(Cc3ccc(F)cc3)cc21. The number of hydrogen-bond acceptors (Lipinski definition) is 13. The van der Waals surface area contributed by atoms with E-state index < -0.39 is 99.5 Å². The van der Waals surface area contributed by atoms with Crippen molar-refractivity contribution in [3.8, 4) is 0 Å². The van der Waals surface area contributed by atoms with Gasteiger partial charge in [0.1, 0.15) is 40.4 Å². The highest BCUT2D eigenvalue weighted by atomic mass is 19.1. The molecule has 0 aromatic heterocycles. The van der Waals surface area contributed by atoms with Crippen LogP contribution in [0.1, 0.15) is 116 Å². The maximum Gasteiger partial charge on any atom is 0.410 e. The molecule has 0 radical (unpaired) electrons. The summed E-state index contributed by atoms with van der Waals surface area (Å²) in [4.78, 5) is 111. The Morgan fingerprint density at radius 1 is 0.787 bits per heavy atom. The Labute approximate surface area is 519 Å². The highest BCUT2D eigenvalue weighted by Crippen LogP contribution is 2.45. The third-order valence-corrected chi connectivity index (χ3v) is 17.8. The van der Waals surface area contributed by atoms with E-state index in [1.807, 2.05) is 45.9 Å². The van der Waals surface area contributed by atoms with E-state index >= 15 is 23.2 Å². The molecule has 6 amide bonds. The van der Waals surface area contributed by atoms with Crippen LogP contribution in [0.5, 0.6) is 0 Å². The van der Waals surface area contributed by atoms with E-state index in [4.69, 9.17) is 18.9 Å². The summed E-state index contributed by atoms with van der Waals surface area (Å²) in [5.74, 6) is -8.39. The summed E-state index contributed by atoms with van der Waals surface area (Å²) in [7, 11) is 1.41. The Morgan fingerprint density at radius 3 is 2.12 bits per heavy atom. The first-order valence-corrected chi connectivity index (χ1v) is 30.8. The fourth-order valence-corrected chi connectivity index (χ4v) is 12.8. The number of Topliss-reactive ketones (excluding diaryl/α,β-unsaturated/α-hetero) is 1. The van der Waals surface area contributed by atoms with E-state index in [0.717, 1.165) is 34.2 Å². The molecule has 3 N–H and O–H groups in total. The molecule has 0 spiro atoms. The minimum Gasteiger partial charge on any atom is -0.444 e. The molecule has 4 aromatic rings. The number of anilines is 3. The number of carbonyl (C=O) groups is 7. The molecular weight excluding hydrogens is 1150 g/mol. The molecule has 4 heterocycles. The highest BCUT2D eigenvalue weighted by molar-refractivity contribution is 6.08. The van der Waals surface area contributed by atoms with Crippen molar-refractivity contribution in [3.63, 3.8) is 0 Å². The molecule has 8 atom stereocenters. The zero-order valence-electron chi connectivity index (χ0n) is 52.9. The molecule has 9 rings (SSSR count). The maximum atomic E-state index is 15.4. The van der Waals surface area contributed by atoms with E-state index in [9.17, 15) is 23.6 Å². The standard InChI is InChI=1S/C67H85F3N8O11/c1-39-33-76(48(34-75-25-28-87-37-40(75)2)35-77(39)64(85)89-66(7,8)9)36-55(79)78-38-67(10,51-22-17-43(30-54(51)78)29-42-15-19-46(68)20-16-42)62(83)71-47-21-18-45-31-50(56(49(45)32-47)61(82)73-58-52(69)13-12-14-53(58)70)59(80)57(44-23-26-86-27-24-44)72-60(81)41(3)74(11)63(84)88-65(4,5)6/h12-22,30,32,39-41,44,48,50,56-57H,23-29,31,33-38H2,1-11H3,(H,71,83)(H,72,81)(H,73,82)/t39-,40-,41+,48+,50?,56-,57?,67?/m1/s1. The van der Waals surface area contributed by atoms with Crippen molar-refractivity contribution in [2.75, 3.05) is 88.3 Å². The van der Waals surface area contributed by atoms with Gasteiger partial charge < -0.3 is 44.7 Å². The number of piperazine rings is 1. The number of halogens is 3. The zero-order valence-corrected chi connectivity index (χ0v) is 52.9. The number of benzene rings is 4. The van der Waals surface area contributed by atoms with Crippen LogP contribution in [-0.4, -0.2) is 175 Å². The van der Waals surface area contributed by atoms with E-state index in [2.05, 4.69) is 32.7 Å². The number of amides is 6. The first kappa shape index (κ1) is 66.0. The Kier molecular flexibility index (Phi) is 20.0. The van der Waals surface area contributed by atoms with E-state index in [1.165, 1.54) is 26.1 Å². The van der Waals surface area contributed by atoms with Gasteiger partial charge in [0, 0.05) is 88.4 Å². The molecule has 19 nitrogen and oxygen atoms in total. The van der Waals surface area contributed by atoms with Gasteiger partial charge in [0.05, 0.1) is 37.1 Å². The minimum atomic E-state index is -1.40. The molecule has 4 aromatic carbocycles. The normalized spacial score (nSPS) is 23.1. The van der Waals surface area contributed by atoms with Gasteiger partial charge in [-0.2, -0.15) is 0 Å². The van der Waals surface area contributed by atoms with Crippen LogP contribution < -0.4 is 20.9 Å². The van der Waals surface area contributed by atoms with Crippen LogP contribution in [0.15, 0.2) is 78.9 Å². The van der Waals surface area contributed by atoms with Crippen molar-refractivity contribution in [2.24, 2.45) is 11.8 Å². The van der Waals surface area contributed by atoms with Crippen LogP contribution in [-0.2, 0) is 61.2 Å². The van der Waals surface area contributed by atoms with Gasteiger partial charge in [-0.1, -0.05) is 36.4 Å². The lowest BCUT2D eigenvalue weighted by Gasteiger charge is -2.47. The predicted molar refractivity (Wildman–Crippen MR) is 329 cm³/mol. The van der Waals surface area contributed by atoms with Crippen molar-refractivity contribution in [2.45, 2.75) is 148 Å². The van der Waals surface area contributed by atoms with Gasteiger partial charge in [0.2, 0.25) is 23.6 Å². The lowest BCUT2D eigenvalue weighted by atomic mass is 9.79. The van der Waals surface area contributed by atoms with Gasteiger partial charge in [-0.3, -0.25) is 38.7 Å². The second-order valence-corrected chi connectivity index (χ2v) is 26.8. The Bertz CT molecular complexity index is 3290. The average Bonchev–Trinajstić information content (AvgIpc) is 1.64. The van der Waals surface area contributed by atoms with Crippen LogP contribution in [0.4, 0.5) is 39.8 Å².